The number of alkyl carbamates (subject to hydrolysis) is 1. The normalized spacial score (nSPS) is 21.3. The van der Waals surface area contributed by atoms with E-state index in [1.807, 2.05) is 32.9 Å². The zero-order valence-corrected chi connectivity index (χ0v) is 14.6. The first-order chi connectivity index (χ1) is 10.9. The van der Waals surface area contributed by atoms with Crippen LogP contribution in [0.3, 0.4) is 0 Å². The fourth-order valence-corrected chi connectivity index (χ4v) is 3.59. The molecule has 2 aromatic rings. The van der Waals surface area contributed by atoms with E-state index in [2.05, 4.69) is 27.1 Å². The molecule has 0 radical (unpaired) electrons. The van der Waals surface area contributed by atoms with Gasteiger partial charge >= 0.3 is 6.09 Å². The number of carbonyl (C=O) groups is 1. The second-order valence-electron chi connectivity index (χ2n) is 7.00. The van der Waals surface area contributed by atoms with Gasteiger partial charge in [0.25, 0.3) is 0 Å². The number of nitrogens with zero attached hydrogens (tertiary/aromatic N) is 1. The van der Waals surface area contributed by atoms with Crippen molar-refractivity contribution < 1.29 is 9.53 Å². The van der Waals surface area contributed by atoms with Gasteiger partial charge in [-0.2, -0.15) is 0 Å². The summed E-state index contributed by atoms with van der Waals surface area (Å²) in [5, 5.41) is 8.49. The van der Waals surface area contributed by atoms with Crippen LogP contribution in [0, 0.1) is 0 Å². The third-order valence-corrected chi connectivity index (χ3v) is 4.68. The molecule has 0 bridgehead atoms. The Balaban J connectivity index is 1.52. The van der Waals surface area contributed by atoms with Crippen molar-refractivity contribution in [2.45, 2.75) is 57.7 Å². The smallest absolute Gasteiger partial charge is 0.407 e. The van der Waals surface area contributed by atoms with Crippen molar-refractivity contribution in [1.82, 2.24) is 10.3 Å². The summed E-state index contributed by atoms with van der Waals surface area (Å²) in [4.78, 5) is 16.5. The molecule has 0 aliphatic heterocycles. The second-order valence-corrected chi connectivity index (χ2v) is 7.95. The van der Waals surface area contributed by atoms with Crippen molar-refractivity contribution in [1.29, 1.82) is 0 Å². The maximum atomic E-state index is 11.8. The van der Waals surface area contributed by atoms with Crippen LogP contribution in [0.4, 0.5) is 10.6 Å². The van der Waals surface area contributed by atoms with Crippen LogP contribution >= 0.6 is 11.3 Å². The van der Waals surface area contributed by atoms with Gasteiger partial charge in [0.05, 0.1) is 10.2 Å². The summed E-state index contributed by atoms with van der Waals surface area (Å²) in [5.41, 5.74) is 0.571. The highest BCUT2D eigenvalue weighted by molar-refractivity contribution is 7.17. The summed E-state index contributed by atoms with van der Waals surface area (Å²) in [5.74, 6) is 0.902. The van der Waals surface area contributed by atoms with Crippen LogP contribution < -0.4 is 10.6 Å². The Morgan fingerprint density at radius 2 is 2.04 bits per heavy atom. The number of aromatic nitrogens is 1. The summed E-state index contributed by atoms with van der Waals surface area (Å²) in [6.07, 6.45) is 2.53. The number of thiophene rings is 1. The molecule has 2 aromatic heterocycles. The molecule has 2 N–H and O–H groups in total. The first-order valence-electron chi connectivity index (χ1n) is 7.99. The summed E-state index contributed by atoms with van der Waals surface area (Å²) in [6.45, 7) is 5.62. The molecule has 5 nitrogen and oxygen atoms in total. The van der Waals surface area contributed by atoms with Gasteiger partial charge in [-0.25, -0.2) is 9.78 Å². The Hall–Kier alpha value is -1.82. The predicted molar refractivity (Wildman–Crippen MR) is 94.0 cm³/mol. The fourth-order valence-electron chi connectivity index (χ4n) is 2.86. The average Bonchev–Trinajstić information content (AvgIpc) is 3.05. The zero-order valence-electron chi connectivity index (χ0n) is 13.8. The van der Waals surface area contributed by atoms with Crippen molar-refractivity contribution in [2.24, 2.45) is 0 Å². The minimum absolute atomic E-state index is 0.159. The maximum absolute atomic E-state index is 11.8. The molecule has 0 spiro atoms. The van der Waals surface area contributed by atoms with E-state index in [4.69, 9.17) is 4.74 Å². The van der Waals surface area contributed by atoms with Gasteiger partial charge in [-0.15, -0.1) is 11.3 Å². The summed E-state index contributed by atoms with van der Waals surface area (Å²) < 4.78 is 6.51. The number of anilines is 1. The van der Waals surface area contributed by atoms with Crippen molar-refractivity contribution in [3.63, 3.8) is 0 Å². The predicted octanol–water partition coefficient (Wildman–Crippen LogP) is 4.15. The number of carbonyl (C=O) groups excluding carboxylic acids is 1. The van der Waals surface area contributed by atoms with Gasteiger partial charge in [0.2, 0.25) is 0 Å². The monoisotopic (exact) mass is 333 g/mol. The molecule has 6 heteroatoms. The van der Waals surface area contributed by atoms with Crippen LogP contribution in [0.15, 0.2) is 23.6 Å². The van der Waals surface area contributed by atoms with Crippen molar-refractivity contribution in [2.75, 3.05) is 5.32 Å². The molecule has 1 aliphatic carbocycles. The van der Waals surface area contributed by atoms with Gasteiger partial charge in [-0.3, -0.25) is 0 Å². The van der Waals surface area contributed by atoms with E-state index in [9.17, 15) is 4.79 Å². The molecule has 0 unspecified atom stereocenters. The van der Waals surface area contributed by atoms with Gasteiger partial charge in [-0.05, 0) is 63.6 Å². The third-order valence-electron chi connectivity index (χ3n) is 3.81. The SMILES string of the molecule is CC(C)(C)OC(=O)N[C@H]1CC[C@H](Nc2ccc3sccc3n2)C1. The van der Waals surface area contributed by atoms with Crippen LogP contribution in [-0.4, -0.2) is 28.8 Å². The lowest BCUT2D eigenvalue weighted by molar-refractivity contribution is 0.0505. The van der Waals surface area contributed by atoms with E-state index in [1.54, 1.807) is 11.3 Å². The van der Waals surface area contributed by atoms with Gasteiger partial charge in [0.1, 0.15) is 11.4 Å². The van der Waals surface area contributed by atoms with Gasteiger partial charge < -0.3 is 15.4 Å². The largest absolute Gasteiger partial charge is 0.444 e. The van der Waals surface area contributed by atoms with Gasteiger partial charge in [-0.1, -0.05) is 0 Å². The Morgan fingerprint density at radius 3 is 2.83 bits per heavy atom. The Labute approximate surface area is 140 Å². The number of fused-ring (bicyclic) bond motifs is 1. The average molecular weight is 333 g/mol. The maximum Gasteiger partial charge on any atom is 0.407 e. The molecule has 23 heavy (non-hydrogen) atoms. The van der Waals surface area contributed by atoms with E-state index in [0.29, 0.717) is 6.04 Å². The topological polar surface area (TPSA) is 63.2 Å². The molecule has 0 saturated heterocycles. The Bertz CT molecular complexity index is 692. The lowest BCUT2D eigenvalue weighted by Gasteiger charge is -2.22. The number of rotatable bonds is 3. The zero-order chi connectivity index (χ0) is 16.4. The minimum Gasteiger partial charge on any atom is -0.444 e. The van der Waals surface area contributed by atoms with E-state index in [-0.39, 0.29) is 12.1 Å². The van der Waals surface area contributed by atoms with Crippen LogP contribution in [0.2, 0.25) is 0 Å². The lowest BCUT2D eigenvalue weighted by atomic mass is 10.2. The molecule has 124 valence electrons. The molecule has 2 heterocycles. The molecule has 3 rings (SSSR count). The van der Waals surface area contributed by atoms with E-state index in [0.717, 1.165) is 30.6 Å². The standard InChI is InChI=1S/C17H23N3O2S/c1-17(2,3)22-16(21)19-12-5-4-11(10-12)18-15-7-6-14-13(20-15)8-9-23-14/h6-9,11-12H,4-5,10H2,1-3H3,(H,18,20)(H,19,21)/t11-,12-/m0/s1. The van der Waals surface area contributed by atoms with Gasteiger partial charge in [0, 0.05) is 12.1 Å². The van der Waals surface area contributed by atoms with E-state index in [1.165, 1.54) is 4.70 Å². The highest BCUT2D eigenvalue weighted by Crippen LogP contribution is 2.25. The molecule has 1 aliphatic rings. The van der Waals surface area contributed by atoms with E-state index < -0.39 is 5.60 Å². The first-order valence-corrected chi connectivity index (χ1v) is 8.87. The van der Waals surface area contributed by atoms with Crippen LogP contribution in [0.5, 0.6) is 0 Å². The number of hydrogen-bond donors (Lipinski definition) is 2. The summed E-state index contributed by atoms with van der Waals surface area (Å²) in [6, 6.07) is 6.65. The minimum atomic E-state index is -0.458. The molecule has 0 aromatic carbocycles. The lowest BCUT2D eigenvalue weighted by Crippen LogP contribution is -2.38. The van der Waals surface area contributed by atoms with Crippen LogP contribution in [0.25, 0.3) is 10.2 Å². The number of pyridine rings is 1. The van der Waals surface area contributed by atoms with Crippen LogP contribution in [0.1, 0.15) is 40.0 Å². The third kappa shape index (κ3) is 4.34. The number of nitrogens with one attached hydrogen (secondary N) is 2. The van der Waals surface area contributed by atoms with E-state index >= 15 is 0 Å². The molecule has 2 atom stereocenters. The van der Waals surface area contributed by atoms with Crippen molar-refractivity contribution in [3.8, 4) is 0 Å². The fraction of sp³-hybridized carbons (Fsp3) is 0.529. The van der Waals surface area contributed by atoms with Crippen LogP contribution in [-0.2, 0) is 4.74 Å². The van der Waals surface area contributed by atoms with Crippen molar-refractivity contribution >= 4 is 33.5 Å². The quantitative estimate of drug-likeness (QED) is 0.885. The van der Waals surface area contributed by atoms with Gasteiger partial charge in [0.15, 0.2) is 0 Å². The number of ether oxygens (including phenoxy) is 1. The number of hydrogen-bond acceptors (Lipinski definition) is 5. The summed E-state index contributed by atoms with van der Waals surface area (Å²) >= 11 is 1.70. The highest BCUT2D eigenvalue weighted by Gasteiger charge is 2.27. The van der Waals surface area contributed by atoms with Crippen molar-refractivity contribution in [3.05, 3.63) is 23.6 Å². The molecule has 1 fully saturated rings. The Kier molecular flexibility index (Phi) is 4.43. The molecular weight excluding hydrogens is 310 g/mol. The number of amides is 1. The Morgan fingerprint density at radius 1 is 1.26 bits per heavy atom. The molecule has 1 amide bonds. The molecule has 1 saturated carbocycles. The second kappa shape index (κ2) is 6.35. The highest BCUT2D eigenvalue weighted by atomic mass is 32.1. The first kappa shape index (κ1) is 16.1. The molecular formula is C17H23N3O2S. The summed E-state index contributed by atoms with van der Waals surface area (Å²) in [7, 11) is 0.